The molecule has 2 aliphatic rings. The van der Waals surface area contributed by atoms with Gasteiger partial charge in [-0.25, -0.2) is 9.87 Å². The van der Waals surface area contributed by atoms with Crippen molar-refractivity contribution in [2.45, 2.75) is 39.5 Å². The minimum atomic E-state index is -1.08. The molecular formula is C28H32FN3O5. The summed E-state index contributed by atoms with van der Waals surface area (Å²) < 4.78 is 13.3. The van der Waals surface area contributed by atoms with E-state index in [1.807, 2.05) is 13.8 Å². The SMILES string of the molecule is CC(C)CC1(C(CCN2C(=O)c3ccccc3C2=O)C(=O)NO)CCN(CCc2ccc(F)cc2)C1=O. The molecule has 1 saturated heterocycles. The molecule has 4 amide bonds. The molecule has 37 heavy (non-hydrogen) atoms. The van der Waals surface area contributed by atoms with Crippen molar-refractivity contribution in [3.63, 3.8) is 0 Å². The number of nitrogens with zero attached hydrogens (tertiary/aromatic N) is 2. The molecule has 2 unspecified atom stereocenters. The molecule has 2 N–H and O–H groups in total. The summed E-state index contributed by atoms with van der Waals surface area (Å²) in [6.45, 7) is 4.74. The van der Waals surface area contributed by atoms with E-state index in [0.29, 0.717) is 43.5 Å². The van der Waals surface area contributed by atoms with E-state index in [1.165, 1.54) is 12.1 Å². The van der Waals surface area contributed by atoms with Gasteiger partial charge in [0, 0.05) is 19.6 Å². The number of likely N-dealkylation sites (tertiary alicyclic amines) is 1. The Morgan fingerprint density at radius 2 is 1.65 bits per heavy atom. The fraction of sp³-hybridized carbons (Fsp3) is 0.429. The van der Waals surface area contributed by atoms with Crippen molar-refractivity contribution in [1.82, 2.24) is 15.3 Å². The van der Waals surface area contributed by atoms with Crippen molar-refractivity contribution in [2.75, 3.05) is 19.6 Å². The highest BCUT2D eigenvalue weighted by atomic mass is 19.1. The van der Waals surface area contributed by atoms with Gasteiger partial charge in [-0.1, -0.05) is 38.1 Å². The topological polar surface area (TPSA) is 107 Å². The minimum absolute atomic E-state index is 0.0438. The van der Waals surface area contributed by atoms with E-state index in [-0.39, 0.29) is 30.6 Å². The van der Waals surface area contributed by atoms with Crippen LogP contribution in [0.2, 0.25) is 0 Å². The molecule has 2 aliphatic heterocycles. The Bertz CT molecular complexity index is 1160. The van der Waals surface area contributed by atoms with Gasteiger partial charge >= 0.3 is 0 Å². The van der Waals surface area contributed by atoms with Crippen molar-refractivity contribution < 1.29 is 28.8 Å². The average Bonchev–Trinajstić information content (AvgIpc) is 3.32. The minimum Gasteiger partial charge on any atom is -0.342 e. The second-order valence-corrected chi connectivity index (χ2v) is 10.3. The number of hydroxylamine groups is 1. The largest absolute Gasteiger partial charge is 0.342 e. The molecule has 2 heterocycles. The summed E-state index contributed by atoms with van der Waals surface area (Å²) in [7, 11) is 0. The average molecular weight is 510 g/mol. The predicted octanol–water partition coefficient (Wildman–Crippen LogP) is 3.44. The molecule has 2 atom stereocenters. The summed E-state index contributed by atoms with van der Waals surface area (Å²) in [6.07, 6.45) is 1.41. The number of amides is 4. The summed E-state index contributed by atoms with van der Waals surface area (Å²) in [5.41, 5.74) is 2.17. The second-order valence-electron chi connectivity index (χ2n) is 10.3. The summed E-state index contributed by atoms with van der Waals surface area (Å²) >= 11 is 0. The fourth-order valence-corrected chi connectivity index (χ4v) is 5.81. The molecule has 0 aromatic heterocycles. The van der Waals surface area contributed by atoms with Gasteiger partial charge in [-0.2, -0.15) is 0 Å². The molecule has 0 saturated carbocycles. The number of rotatable bonds is 10. The number of nitrogens with one attached hydrogen (secondary N) is 1. The number of carbonyl (C=O) groups excluding carboxylic acids is 4. The van der Waals surface area contributed by atoms with Crippen molar-refractivity contribution in [3.8, 4) is 0 Å². The number of hydrogen-bond acceptors (Lipinski definition) is 5. The van der Waals surface area contributed by atoms with Gasteiger partial charge in [0.25, 0.3) is 11.8 Å². The molecule has 0 aliphatic carbocycles. The second kappa shape index (κ2) is 10.8. The van der Waals surface area contributed by atoms with Crippen LogP contribution >= 0.6 is 0 Å². The maximum atomic E-state index is 13.9. The first-order valence-corrected chi connectivity index (χ1v) is 12.6. The molecule has 2 aromatic rings. The highest BCUT2D eigenvalue weighted by Gasteiger charge is 2.54. The van der Waals surface area contributed by atoms with Crippen LogP contribution in [0.25, 0.3) is 0 Å². The summed E-state index contributed by atoms with van der Waals surface area (Å²) in [4.78, 5) is 55.4. The van der Waals surface area contributed by atoms with Crippen LogP contribution in [0.4, 0.5) is 4.39 Å². The molecule has 0 spiro atoms. The maximum Gasteiger partial charge on any atom is 0.261 e. The van der Waals surface area contributed by atoms with Gasteiger partial charge in [0.2, 0.25) is 11.8 Å². The molecule has 4 rings (SSSR count). The number of benzene rings is 2. The third kappa shape index (κ3) is 5.13. The monoisotopic (exact) mass is 509 g/mol. The Morgan fingerprint density at radius 1 is 1.03 bits per heavy atom. The smallest absolute Gasteiger partial charge is 0.261 e. The molecule has 0 bridgehead atoms. The quantitative estimate of drug-likeness (QED) is 0.290. The van der Waals surface area contributed by atoms with Crippen LogP contribution < -0.4 is 5.48 Å². The van der Waals surface area contributed by atoms with E-state index < -0.39 is 29.1 Å². The van der Waals surface area contributed by atoms with Crippen LogP contribution in [-0.4, -0.2) is 58.3 Å². The fourth-order valence-electron chi connectivity index (χ4n) is 5.81. The van der Waals surface area contributed by atoms with Gasteiger partial charge in [-0.15, -0.1) is 0 Å². The number of fused-ring (bicyclic) bond motifs is 1. The Kier molecular flexibility index (Phi) is 7.73. The van der Waals surface area contributed by atoms with Crippen LogP contribution in [0.15, 0.2) is 48.5 Å². The predicted molar refractivity (Wildman–Crippen MR) is 133 cm³/mol. The molecular weight excluding hydrogens is 477 g/mol. The number of carbonyl (C=O) groups is 4. The number of halogens is 1. The molecule has 2 aromatic carbocycles. The lowest BCUT2D eigenvalue weighted by Gasteiger charge is -2.36. The van der Waals surface area contributed by atoms with Crippen molar-refractivity contribution in [2.24, 2.45) is 17.3 Å². The van der Waals surface area contributed by atoms with Crippen LogP contribution in [0.1, 0.15) is 59.4 Å². The highest BCUT2D eigenvalue weighted by Crippen LogP contribution is 2.46. The first kappa shape index (κ1) is 26.5. The van der Waals surface area contributed by atoms with Crippen LogP contribution in [0.3, 0.4) is 0 Å². The lowest BCUT2D eigenvalue weighted by atomic mass is 9.67. The first-order valence-electron chi connectivity index (χ1n) is 12.6. The molecule has 0 radical (unpaired) electrons. The van der Waals surface area contributed by atoms with Gasteiger partial charge in [0.15, 0.2) is 0 Å². The Hall–Kier alpha value is -3.59. The zero-order chi connectivity index (χ0) is 26.7. The van der Waals surface area contributed by atoms with E-state index >= 15 is 0 Å². The summed E-state index contributed by atoms with van der Waals surface area (Å²) in [6, 6.07) is 12.7. The van der Waals surface area contributed by atoms with Gasteiger partial charge < -0.3 is 4.90 Å². The van der Waals surface area contributed by atoms with Gasteiger partial charge in [-0.05, 0) is 61.4 Å². The molecule has 9 heteroatoms. The number of hydrogen-bond donors (Lipinski definition) is 2. The van der Waals surface area contributed by atoms with Crippen LogP contribution in [0, 0.1) is 23.1 Å². The van der Waals surface area contributed by atoms with E-state index in [0.717, 1.165) is 10.5 Å². The van der Waals surface area contributed by atoms with Gasteiger partial charge in [0.1, 0.15) is 5.82 Å². The van der Waals surface area contributed by atoms with E-state index in [9.17, 15) is 28.8 Å². The summed E-state index contributed by atoms with van der Waals surface area (Å²) in [5.74, 6) is -2.93. The van der Waals surface area contributed by atoms with Gasteiger partial charge in [0.05, 0.1) is 22.5 Å². The van der Waals surface area contributed by atoms with Gasteiger partial charge in [-0.3, -0.25) is 29.3 Å². The molecule has 1 fully saturated rings. The van der Waals surface area contributed by atoms with E-state index in [1.54, 1.807) is 46.8 Å². The Balaban J connectivity index is 1.54. The normalized spacial score (nSPS) is 20.1. The highest BCUT2D eigenvalue weighted by molar-refractivity contribution is 6.21. The maximum absolute atomic E-state index is 13.9. The Morgan fingerprint density at radius 3 is 2.22 bits per heavy atom. The standard InChI is InChI=1S/C28H32FN3O5/c1-18(2)17-28(13-16-31(27(28)36)14-11-19-7-9-20(29)10-8-19)23(24(33)30-37)12-15-32-25(34)21-5-3-4-6-22(21)26(32)35/h3-10,18,23,37H,11-17H2,1-2H3,(H,30,33). The lowest BCUT2D eigenvalue weighted by Crippen LogP contribution is -2.48. The molecule has 196 valence electrons. The van der Waals surface area contributed by atoms with Crippen LogP contribution in [0.5, 0.6) is 0 Å². The van der Waals surface area contributed by atoms with Crippen LogP contribution in [-0.2, 0) is 16.0 Å². The third-order valence-corrected chi connectivity index (χ3v) is 7.51. The Labute approximate surface area is 215 Å². The molecule has 8 nitrogen and oxygen atoms in total. The zero-order valence-corrected chi connectivity index (χ0v) is 21.1. The van der Waals surface area contributed by atoms with Crippen molar-refractivity contribution in [3.05, 3.63) is 71.0 Å². The number of imide groups is 1. The van der Waals surface area contributed by atoms with E-state index in [4.69, 9.17) is 0 Å². The summed E-state index contributed by atoms with van der Waals surface area (Å²) in [5, 5.41) is 9.58. The lowest BCUT2D eigenvalue weighted by molar-refractivity contribution is -0.150. The first-order chi connectivity index (χ1) is 17.7. The third-order valence-electron chi connectivity index (χ3n) is 7.51. The zero-order valence-electron chi connectivity index (χ0n) is 21.1. The van der Waals surface area contributed by atoms with E-state index in [2.05, 4.69) is 0 Å². The van der Waals surface area contributed by atoms with Crippen molar-refractivity contribution in [1.29, 1.82) is 0 Å². The van der Waals surface area contributed by atoms with Crippen molar-refractivity contribution >= 4 is 23.6 Å².